The zero-order chi connectivity index (χ0) is 16.2. The third kappa shape index (κ3) is 1.59. The molecular formula is C15H14F3NO3. The van der Waals surface area contributed by atoms with Crippen molar-refractivity contribution in [3.63, 3.8) is 0 Å². The van der Waals surface area contributed by atoms with Crippen LogP contribution in [0, 0.1) is 17.7 Å². The van der Waals surface area contributed by atoms with Gasteiger partial charge in [0.2, 0.25) is 12.3 Å². The number of fused-ring (bicyclic) bond motifs is 2. The van der Waals surface area contributed by atoms with Gasteiger partial charge in [0, 0.05) is 7.05 Å². The smallest absolute Gasteiger partial charge is 0.310 e. The Morgan fingerprint density at radius 3 is 2.73 bits per heavy atom. The Bertz CT molecular complexity index is 663. The van der Waals surface area contributed by atoms with Crippen LogP contribution >= 0.6 is 0 Å². The summed E-state index contributed by atoms with van der Waals surface area (Å²) in [6.45, 7) is 1.59. The predicted octanol–water partition coefficient (Wildman–Crippen LogP) is 2.11. The molecule has 3 rings (SSSR count). The Kier molecular flexibility index (Phi) is 3.19. The molecule has 7 heteroatoms. The predicted molar refractivity (Wildman–Crippen MR) is 71.1 cm³/mol. The van der Waals surface area contributed by atoms with Gasteiger partial charge in [-0.2, -0.15) is 0 Å². The average molecular weight is 313 g/mol. The van der Waals surface area contributed by atoms with Crippen molar-refractivity contribution >= 4 is 17.6 Å². The summed E-state index contributed by atoms with van der Waals surface area (Å²) in [5.41, 5.74) is -1.60. The molecule has 2 aliphatic rings. The third-order valence-electron chi connectivity index (χ3n) is 4.50. The van der Waals surface area contributed by atoms with E-state index >= 15 is 0 Å². The minimum atomic E-state index is -2.87. The second kappa shape index (κ2) is 4.72. The van der Waals surface area contributed by atoms with Crippen molar-refractivity contribution in [2.75, 3.05) is 18.6 Å². The van der Waals surface area contributed by atoms with Crippen LogP contribution < -0.4 is 4.90 Å². The number of ether oxygens (including phenoxy) is 1. The molecule has 0 N–H and O–H groups in total. The third-order valence-corrected chi connectivity index (χ3v) is 4.50. The lowest BCUT2D eigenvalue weighted by molar-refractivity contribution is -0.146. The molecule has 1 heterocycles. The highest BCUT2D eigenvalue weighted by atomic mass is 19.3. The molecule has 0 unspecified atom stereocenters. The minimum Gasteiger partial charge on any atom is -0.466 e. The Labute approximate surface area is 124 Å². The van der Waals surface area contributed by atoms with Crippen LogP contribution in [0.15, 0.2) is 18.2 Å². The number of benzene rings is 1. The highest BCUT2D eigenvalue weighted by Crippen LogP contribution is 2.68. The maximum atomic E-state index is 14.0. The lowest BCUT2D eigenvalue weighted by Crippen LogP contribution is -2.32. The standard InChI is InChI=1S/C15H14F3NO3/c1-3-22-13(20)10-9(12(17)18)15(10)7-5-4-6-8(16)11(7)19(2)14(15)21/h4-6,9-10,12H,3H2,1-2H3/t9-,10-,15+/m1/s1. The highest BCUT2D eigenvalue weighted by molar-refractivity contribution is 6.14. The van der Waals surface area contributed by atoms with Crippen molar-refractivity contribution in [1.82, 2.24) is 0 Å². The molecule has 1 aliphatic carbocycles. The van der Waals surface area contributed by atoms with Crippen LogP contribution in [0.3, 0.4) is 0 Å². The quantitative estimate of drug-likeness (QED) is 0.803. The lowest BCUT2D eigenvalue weighted by Gasteiger charge is -2.11. The molecule has 1 aliphatic heterocycles. The normalized spacial score (nSPS) is 29.2. The summed E-state index contributed by atoms with van der Waals surface area (Å²) in [5.74, 6) is -4.95. The van der Waals surface area contributed by atoms with Gasteiger partial charge < -0.3 is 9.64 Å². The Balaban J connectivity index is 2.16. The van der Waals surface area contributed by atoms with Gasteiger partial charge in [0.15, 0.2) is 0 Å². The highest BCUT2D eigenvalue weighted by Gasteiger charge is 2.80. The SMILES string of the molecule is CCOC(=O)[C@H]1[C@H](C(F)F)[C@]12C(=O)N(C)c1c(F)cccc12. The number of anilines is 1. The van der Waals surface area contributed by atoms with Gasteiger partial charge in [0.25, 0.3) is 0 Å². The van der Waals surface area contributed by atoms with E-state index in [1.54, 1.807) is 6.92 Å². The van der Waals surface area contributed by atoms with Gasteiger partial charge in [0.1, 0.15) is 5.82 Å². The zero-order valence-electron chi connectivity index (χ0n) is 12.0. The fraction of sp³-hybridized carbons (Fsp3) is 0.467. The van der Waals surface area contributed by atoms with E-state index in [4.69, 9.17) is 4.74 Å². The first-order valence-corrected chi connectivity index (χ1v) is 6.90. The number of carbonyl (C=O) groups is 2. The molecule has 1 spiro atoms. The Hall–Kier alpha value is -2.05. The number of likely N-dealkylation sites (N-methyl/N-ethyl adjacent to an activating group) is 1. The van der Waals surface area contributed by atoms with E-state index < -0.39 is 41.4 Å². The van der Waals surface area contributed by atoms with E-state index in [1.165, 1.54) is 19.2 Å². The summed E-state index contributed by atoms with van der Waals surface area (Å²) in [4.78, 5) is 25.6. The molecule has 3 atom stereocenters. The number of para-hydroxylation sites is 1. The number of hydrogen-bond acceptors (Lipinski definition) is 3. The molecule has 0 aromatic heterocycles. The molecule has 0 bridgehead atoms. The summed E-state index contributed by atoms with van der Waals surface area (Å²) in [6, 6.07) is 3.93. The van der Waals surface area contributed by atoms with Crippen molar-refractivity contribution in [3.8, 4) is 0 Å². The van der Waals surface area contributed by atoms with Crippen molar-refractivity contribution in [2.45, 2.75) is 18.8 Å². The number of esters is 1. The summed E-state index contributed by atoms with van der Waals surface area (Å²) in [5, 5.41) is 0. The van der Waals surface area contributed by atoms with Crippen molar-refractivity contribution < 1.29 is 27.5 Å². The van der Waals surface area contributed by atoms with Crippen molar-refractivity contribution in [3.05, 3.63) is 29.6 Å². The summed E-state index contributed by atoms with van der Waals surface area (Å²) >= 11 is 0. The van der Waals surface area contributed by atoms with Crippen LogP contribution in [0.5, 0.6) is 0 Å². The zero-order valence-corrected chi connectivity index (χ0v) is 12.0. The second-order valence-electron chi connectivity index (χ2n) is 5.46. The molecule has 22 heavy (non-hydrogen) atoms. The number of amides is 1. The molecule has 1 amide bonds. The van der Waals surface area contributed by atoms with E-state index in [0.717, 1.165) is 11.0 Å². The van der Waals surface area contributed by atoms with Crippen LogP contribution in [-0.4, -0.2) is 32.0 Å². The van der Waals surface area contributed by atoms with Crippen LogP contribution in [0.4, 0.5) is 18.9 Å². The summed E-state index contributed by atoms with van der Waals surface area (Å²) in [7, 11) is 1.32. The second-order valence-corrected chi connectivity index (χ2v) is 5.46. The first-order chi connectivity index (χ1) is 10.4. The lowest BCUT2D eigenvalue weighted by atomic mass is 9.93. The molecule has 118 valence electrons. The van der Waals surface area contributed by atoms with E-state index in [9.17, 15) is 22.8 Å². The number of alkyl halides is 2. The van der Waals surface area contributed by atoms with Crippen LogP contribution in [0.25, 0.3) is 0 Å². The molecule has 1 saturated carbocycles. The largest absolute Gasteiger partial charge is 0.466 e. The van der Waals surface area contributed by atoms with Gasteiger partial charge in [-0.25, -0.2) is 13.2 Å². The van der Waals surface area contributed by atoms with Crippen LogP contribution in [-0.2, 0) is 19.7 Å². The first kappa shape index (κ1) is 14.9. The monoisotopic (exact) mass is 313 g/mol. The van der Waals surface area contributed by atoms with E-state index in [0.29, 0.717) is 0 Å². The van der Waals surface area contributed by atoms with Gasteiger partial charge in [-0.3, -0.25) is 9.59 Å². The minimum absolute atomic E-state index is 0.0292. The number of hydrogen-bond donors (Lipinski definition) is 0. The van der Waals surface area contributed by atoms with Crippen LogP contribution in [0.2, 0.25) is 0 Å². The number of nitrogens with zero attached hydrogens (tertiary/aromatic N) is 1. The number of carbonyl (C=O) groups excluding carboxylic acids is 2. The van der Waals surface area contributed by atoms with Gasteiger partial charge in [-0.1, -0.05) is 12.1 Å². The molecule has 1 aromatic rings. The molecule has 0 saturated heterocycles. The average Bonchev–Trinajstić information content (AvgIpc) is 3.11. The molecular weight excluding hydrogens is 299 g/mol. The van der Waals surface area contributed by atoms with E-state index in [2.05, 4.69) is 0 Å². The summed E-state index contributed by atoms with van der Waals surface area (Å²) in [6.07, 6.45) is -2.87. The molecule has 1 aromatic carbocycles. The van der Waals surface area contributed by atoms with Gasteiger partial charge >= 0.3 is 5.97 Å². The fourth-order valence-corrected chi connectivity index (χ4v) is 3.63. The molecule has 0 radical (unpaired) electrons. The van der Waals surface area contributed by atoms with E-state index in [1.807, 2.05) is 0 Å². The maximum Gasteiger partial charge on any atom is 0.310 e. The maximum absolute atomic E-state index is 14.0. The van der Waals surface area contributed by atoms with Crippen LogP contribution in [0.1, 0.15) is 12.5 Å². The van der Waals surface area contributed by atoms with Gasteiger partial charge in [0.05, 0.1) is 29.5 Å². The van der Waals surface area contributed by atoms with Crippen molar-refractivity contribution in [1.29, 1.82) is 0 Å². The first-order valence-electron chi connectivity index (χ1n) is 6.90. The van der Waals surface area contributed by atoms with Gasteiger partial charge in [-0.05, 0) is 18.6 Å². The van der Waals surface area contributed by atoms with Gasteiger partial charge in [-0.15, -0.1) is 0 Å². The summed E-state index contributed by atoms with van der Waals surface area (Å²) < 4.78 is 45.6. The molecule has 4 nitrogen and oxygen atoms in total. The Morgan fingerprint density at radius 1 is 1.45 bits per heavy atom. The Morgan fingerprint density at radius 2 is 2.14 bits per heavy atom. The van der Waals surface area contributed by atoms with Crippen molar-refractivity contribution in [2.24, 2.45) is 11.8 Å². The molecule has 1 fully saturated rings. The fourth-order valence-electron chi connectivity index (χ4n) is 3.63. The number of rotatable bonds is 3. The number of halogens is 3. The topological polar surface area (TPSA) is 46.6 Å². The van der Waals surface area contributed by atoms with E-state index in [-0.39, 0.29) is 17.9 Å².